The number of nitrogens with zero attached hydrogens (tertiary/aromatic N) is 3. The molecule has 3 heterocycles. The van der Waals surface area contributed by atoms with Gasteiger partial charge in [0.1, 0.15) is 10.6 Å². The van der Waals surface area contributed by atoms with Gasteiger partial charge < -0.3 is 15.3 Å². The number of aliphatic hydroxyl groups is 1. The van der Waals surface area contributed by atoms with Crippen LogP contribution in [0.25, 0.3) is 10.2 Å². The van der Waals surface area contributed by atoms with Gasteiger partial charge in [-0.1, -0.05) is 13.8 Å². The number of hydrogen-bond donors (Lipinski definition) is 2. The zero-order valence-electron chi connectivity index (χ0n) is 12.8. The van der Waals surface area contributed by atoms with E-state index in [4.69, 9.17) is 0 Å². The van der Waals surface area contributed by atoms with E-state index in [1.165, 1.54) is 4.88 Å². The lowest BCUT2D eigenvalue weighted by Gasteiger charge is -2.27. The molecule has 2 atom stereocenters. The van der Waals surface area contributed by atoms with E-state index in [0.29, 0.717) is 11.9 Å². The van der Waals surface area contributed by atoms with Gasteiger partial charge in [-0.3, -0.25) is 0 Å². The van der Waals surface area contributed by atoms with Crippen molar-refractivity contribution < 1.29 is 5.11 Å². The summed E-state index contributed by atoms with van der Waals surface area (Å²) >= 11 is 1.73. The van der Waals surface area contributed by atoms with Gasteiger partial charge in [-0.05, 0) is 24.8 Å². The Labute approximate surface area is 129 Å². The molecule has 114 valence electrons. The molecular formula is C15H22N4OS. The monoisotopic (exact) mass is 306 g/mol. The van der Waals surface area contributed by atoms with Crippen molar-refractivity contribution in [3.05, 3.63) is 10.9 Å². The van der Waals surface area contributed by atoms with Crippen molar-refractivity contribution in [2.45, 2.75) is 32.7 Å². The minimum Gasteiger partial charge on any atom is -0.394 e. The lowest BCUT2D eigenvalue weighted by atomic mass is 10.0. The second-order valence-corrected chi connectivity index (χ2v) is 6.73. The Morgan fingerprint density at radius 2 is 2.29 bits per heavy atom. The maximum absolute atomic E-state index is 9.72. The molecule has 1 fully saturated rings. The number of thiophene rings is 1. The Hall–Kier alpha value is -1.40. The van der Waals surface area contributed by atoms with Gasteiger partial charge in [-0.2, -0.15) is 4.98 Å². The summed E-state index contributed by atoms with van der Waals surface area (Å²) in [6, 6.07) is 2.35. The third kappa shape index (κ3) is 2.46. The second kappa shape index (κ2) is 5.77. The van der Waals surface area contributed by atoms with Crippen molar-refractivity contribution >= 4 is 33.3 Å². The van der Waals surface area contributed by atoms with Crippen LogP contribution in [0, 0.1) is 5.92 Å². The van der Waals surface area contributed by atoms with Gasteiger partial charge in [0.05, 0.1) is 18.0 Å². The maximum atomic E-state index is 9.72. The molecule has 1 aliphatic rings. The molecule has 0 spiro atoms. The molecule has 0 amide bonds. The third-order valence-electron chi connectivity index (χ3n) is 4.34. The molecular weight excluding hydrogens is 284 g/mol. The van der Waals surface area contributed by atoms with Crippen molar-refractivity contribution in [3.8, 4) is 0 Å². The van der Waals surface area contributed by atoms with Gasteiger partial charge >= 0.3 is 0 Å². The highest BCUT2D eigenvalue weighted by Crippen LogP contribution is 2.36. The number of nitrogens with one attached hydrogen (secondary N) is 1. The van der Waals surface area contributed by atoms with E-state index in [1.54, 1.807) is 11.3 Å². The van der Waals surface area contributed by atoms with Crippen LogP contribution >= 0.6 is 11.3 Å². The van der Waals surface area contributed by atoms with Crippen molar-refractivity contribution in [1.29, 1.82) is 0 Å². The Kier molecular flexibility index (Phi) is 3.99. The van der Waals surface area contributed by atoms with Crippen LogP contribution < -0.4 is 10.2 Å². The molecule has 1 aliphatic heterocycles. The second-order valence-electron chi connectivity index (χ2n) is 5.62. The van der Waals surface area contributed by atoms with Crippen LogP contribution in [-0.4, -0.2) is 41.3 Å². The summed E-state index contributed by atoms with van der Waals surface area (Å²) in [6.45, 7) is 5.47. The van der Waals surface area contributed by atoms with Crippen LogP contribution in [0.5, 0.6) is 0 Å². The molecule has 2 unspecified atom stereocenters. The molecule has 2 aromatic heterocycles. The quantitative estimate of drug-likeness (QED) is 0.909. The first-order chi connectivity index (χ1) is 10.2. The summed E-state index contributed by atoms with van der Waals surface area (Å²) in [5.41, 5.74) is 0. The third-order valence-corrected chi connectivity index (χ3v) is 5.51. The van der Waals surface area contributed by atoms with Gasteiger partial charge in [0.2, 0.25) is 5.95 Å². The van der Waals surface area contributed by atoms with E-state index < -0.39 is 0 Å². The minimum absolute atomic E-state index is 0.151. The topological polar surface area (TPSA) is 61.3 Å². The zero-order chi connectivity index (χ0) is 15.0. The number of anilines is 2. The molecule has 3 rings (SSSR count). The summed E-state index contributed by atoms with van der Waals surface area (Å²) in [6.07, 6.45) is 2.10. The van der Waals surface area contributed by atoms with E-state index in [9.17, 15) is 5.11 Å². The van der Waals surface area contributed by atoms with Gasteiger partial charge in [0, 0.05) is 18.5 Å². The van der Waals surface area contributed by atoms with Crippen molar-refractivity contribution in [3.63, 3.8) is 0 Å². The molecule has 0 saturated carbocycles. The standard InChI is InChI=1S/C15H22N4OS/c1-4-10-7-11-13(17-15(16-3)18-14(11)21-10)19-6-5-9(2)12(19)8-20/h7,9,12,20H,4-6,8H2,1-3H3,(H,16,17,18). The number of aliphatic hydroxyl groups excluding tert-OH is 1. The smallest absolute Gasteiger partial charge is 0.225 e. The molecule has 0 radical (unpaired) electrons. The highest BCUT2D eigenvalue weighted by atomic mass is 32.1. The number of rotatable bonds is 4. The van der Waals surface area contributed by atoms with Crippen molar-refractivity contribution in [1.82, 2.24) is 9.97 Å². The first kappa shape index (κ1) is 14.5. The number of aromatic nitrogens is 2. The average molecular weight is 306 g/mol. The molecule has 0 bridgehead atoms. The fraction of sp³-hybridized carbons (Fsp3) is 0.600. The van der Waals surface area contributed by atoms with Crippen LogP contribution in [0.2, 0.25) is 0 Å². The molecule has 6 heteroatoms. The lowest BCUT2D eigenvalue weighted by molar-refractivity contribution is 0.244. The van der Waals surface area contributed by atoms with Gasteiger partial charge in [-0.15, -0.1) is 11.3 Å². The van der Waals surface area contributed by atoms with E-state index in [1.807, 2.05) is 7.05 Å². The predicted octanol–water partition coefficient (Wildman–Crippen LogP) is 2.50. The van der Waals surface area contributed by atoms with Crippen LogP contribution in [-0.2, 0) is 6.42 Å². The van der Waals surface area contributed by atoms with E-state index in [-0.39, 0.29) is 12.6 Å². The van der Waals surface area contributed by atoms with Gasteiger partial charge in [0.15, 0.2) is 0 Å². The molecule has 0 aliphatic carbocycles. The first-order valence-electron chi connectivity index (χ1n) is 7.53. The molecule has 0 aromatic carbocycles. The summed E-state index contributed by atoms with van der Waals surface area (Å²) in [4.78, 5) is 13.9. The largest absolute Gasteiger partial charge is 0.394 e. The average Bonchev–Trinajstić information content (AvgIpc) is 3.08. The van der Waals surface area contributed by atoms with Crippen LogP contribution in [0.3, 0.4) is 0 Å². The van der Waals surface area contributed by atoms with Crippen LogP contribution in [0.4, 0.5) is 11.8 Å². The first-order valence-corrected chi connectivity index (χ1v) is 8.35. The normalized spacial score (nSPS) is 22.2. The molecule has 5 nitrogen and oxygen atoms in total. The van der Waals surface area contributed by atoms with Gasteiger partial charge in [-0.25, -0.2) is 4.98 Å². The summed E-state index contributed by atoms with van der Waals surface area (Å²) in [5, 5.41) is 13.9. The molecule has 2 aromatic rings. The number of aryl methyl sites for hydroxylation is 1. The highest BCUT2D eigenvalue weighted by Gasteiger charge is 2.33. The van der Waals surface area contributed by atoms with Crippen molar-refractivity contribution in [2.24, 2.45) is 5.92 Å². The fourth-order valence-corrected chi connectivity index (χ4v) is 3.97. The van der Waals surface area contributed by atoms with Crippen LogP contribution in [0.1, 0.15) is 25.1 Å². The van der Waals surface area contributed by atoms with E-state index >= 15 is 0 Å². The van der Waals surface area contributed by atoms with Crippen LogP contribution in [0.15, 0.2) is 6.07 Å². The Bertz CT molecular complexity index is 642. The fourth-order valence-electron chi connectivity index (χ4n) is 3.01. The highest BCUT2D eigenvalue weighted by molar-refractivity contribution is 7.18. The van der Waals surface area contributed by atoms with E-state index in [2.05, 4.69) is 40.1 Å². The zero-order valence-corrected chi connectivity index (χ0v) is 13.6. The Balaban J connectivity index is 2.13. The van der Waals surface area contributed by atoms with E-state index in [0.717, 1.165) is 35.4 Å². The summed E-state index contributed by atoms with van der Waals surface area (Å²) in [5.74, 6) is 2.10. The Morgan fingerprint density at radius 3 is 2.95 bits per heavy atom. The summed E-state index contributed by atoms with van der Waals surface area (Å²) in [7, 11) is 1.84. The maximum Gasteiger partial charge on any atom is 0.225 e. The number of hydrogen-bond acceptors (Lipinski definition) is 6. The van der Waals surface area contributed by atoms with Gasteiger partial charge in [0.25, 0.3) is 0 Å². The molecule has 2 N–H and O–H groups in total. The predicted molar refractivity (Wildman–Crippen MR) is 88.3 cm³/mol. The number of fused-ring (bicyclic) bond motifs is 1. The molecule has 21 heavy (non-hydrogen) atoms. The Morgan fingerprint density at radius 1 is 1.48 bits per heavy atom. The molecule has 1 saturated heterocycles. The van der Waals surface area contributed by atoms with Crippen molar-refractivity contribution in [2.75, 3.05) is 30.4 Å². The minimum atomic E-state index is 0.151. The lowest BCUT2D eigenvalue weighted by Crippen LogP contribution is -2.36. The SMILES string of the molecule is CCc1cc2c(N3CCC(C)C3CO)nc(NC)nc2s1. The summed E-state index contributed by atoms with van der Waals surface area (Å²) < 4.78 is 0.